The number of carbonyl (C=O) groups is 3. The lowest BCUT2D eigenvalue weighted by molar-refractivity contribution is -0.142. The van der Waals surface area contributed by atoms with Gasteiger partial charge in [0, 0.05) is 25.8 Å². The van der Waals surface area contributed by atoms with E-state index in [1.165, 1.54) is 11.1 Å². The highest BCUT2D eigenvalue weighted by molar-refractivity contribution is 5.91. The molecule has 0 radical (unpaired) electrons. The minimum Gasteiger partial charge on any atom is -0.481 e. The first-order valence-corrected chi connectivity index (χ1v) is 6.46. The number of aromatic nitrogens is 3. The number of nitrogens with one attached hydrogen (secondary N) is 2. The number of piperazine rings is 1. The topological polar surface area (TPSA) is 129 Å². The molecule has 1 aromatic rings. The van der Waals surface area contributed by atoms with Gasteiger partial charge < -0.3 is 20.6 Å². The predicted molar refractivity (Wildman–Crippen MR) is 69.2 cm³/mol. The molecule has 2 heterocycles. The minimum atomic E-state index is -1.13. The fourth-order valence-electron chi connectivity index (χ4n) is 2.06. The second-order valence-electron chi connectivity index (χ2n) is 4.50. The summed E-state index contributed by atoms with van der Waals surface area (Å²) < 4.78 is 1.55. The summed E-state index contributed by atoms with van der Waals surface area (Å²) in [5.74, 6) is -1.58. The fourth-order valence-corrected chi connectivity index (χ4v) is 2.06. The van der Waals surface area contributed by atoms with Crippen molar-refractivity contribution in [2.45, 2.75) is 19.0 Å². The fraction of sp³-hybridized carbons (Fsp3) is 0.545. The molecule has 1 aliphatic rings. The summed E-state index contributed by atoms with van der Waals surface area (Å²) in [4.78, 5) is 35.8. The van der Waals surface area contributed by atoms with Gasteiger partial charge >= 0.3 is 12.0 Å². The molecule has 114 valence electrons. The Kier molecular flexibility index (Phi) is 4.69. The molecule has 0 aliphatic carbocycles. The Hall–Kier alpha value is -2.65. The Morgan fingerprint density at radius 1 is 1.52 bits per heavy atom. The van der Waals surface area contributed by atoms with Crippen molar-refractivity contribution < 1.29 is 19.5 Å². The molecule has 3 N–H and O–H groups in total. The van der Waals surface area contributed by atoms with E-state index in [2.05, 4.69) is 20.9 Å². The molecule has 1 aromatic heterocycles. The van der Waals surface area contributed by atoms with Crippen LogP contribution < -0.4 is 10.6 Å². The largest absolute Gasteiger partial charge is 0.481 e. The third kappa shape index (κ3) is 3.91. The first kappa shape index (κ1) is 14.8. The van der Waals surface area contributed by atoms with Crippen molar-refractivity contribution in [3.05, 3.63) is 12.4 Å². The quantitative estimate of drug-likeness (QED) is 0.591. The number of carboxylic acid groups (broad SMARTS) is 1. The standard InChI is InChI=1S/C11H16N6O4/c18-9(19)7-8-10(20)12-2-6-17(8)11(21)13-1-4-16-5-3-14-15-16/h3,5,8H,1-2,4,6-7H2,(H,12,20)(H,13,21)(H,18,19). The monoisotopic (exact) mass is 296 g/mol. The summed E-state index contributed by atoms with van der Waals surface area (Å²) >= 11 is 0. The van der Waals surface area contributed by atoms with Crippen LogP contribution in [0, 0.1) is 0 Å². The molecule has 1 atom stereocenters. The van der Waals surface area contributed by atoms with Gasteiger partial charge in [-0.1, -0.05) is 5.21 Å². The van der Waals surface area contributed by atoms with Gasteiger partial charge in [-0.25, -0.2) is 4.79 Å². The number of urea groups is 1. The summed E-state index contributed by atoms with van der Waals surface area (Å²) in [6.45, 7) is 1.33. The number of aliphatic carboxylic acids is 1. The summed E-state index contributed by atoms with van der Waals surface area (Å²) in [7, 11) is 0. The van der Waals surface area contributed by atoms with Crippen LogP contribution in [0.15, 0.2) is 12.4 Å². The maximum atomic E-state index is 12.1. The lowest BCUT2D eigenvalue weighted by atomic mass is 10.1. The third-order valence-electron chi connectivity index (χ3n) is 3.05. The van der Waals surface area contributed by atoms with Gasteiger partial charge in [-0.3, -0.25) is 14.3 Å². The zero-order valence-corrected chi connectivity index (χ0v) is 11.2. The van der Waals surface area contributed by atoms with Gasteiger partial charge in [-0.2, -0.15) is 0 Å². The normalized spacial score (nSPS) is 18.2. The van der Waals surface area contributed by atoms with Crippen molar-refractivity contribution >= 4 is 17.9 Å². The van der Waals surface area contributed by atoms with Gasteiger partial charge in [-0.05, 0) is 0 Å². The van der Waals surface area contributed by atoms with E-state index in [0.717, 1.165) is 0 Å². The second-order valence-corrected chi connectivity index (χ2v) is 4.50. The second kappa shape index (κ2) is 6.68. The smallest absolute Gasteiger partial charge is 0.318 e. The van der Waals surface area contributed by atoms with Gasteiger partial charge in [0.2, 0.25) is 5.91 Å². The molecule has 2 rings (SSSR count). The van der Waals surface area contributed by atoms with Crippen molar-refractivity contribution in [1.82, 2.24) is 30.5 Å². The molecule has 0 spiro atoms. The molecular weight excluding hydrogens is 280 g/mol. The maximum Gasteiger partial charge on any atom is 0.318 e. The molecule has 10 heteroatoms. The van der Waals surface area contributed by atoms with E-state index >= 15 is 0 Å². The lowest BCUT2D eigenvalue weighted by Gasteiger charge is -2.34. The molecule has 21 heavy (non-hydrogen) atoms. The molecule has 0 bridgehead atoms. The highest BCUT2D eigenvalue weighted by Crippen LogP contribution is 2.09. The summed E-state index contributed by atoms with van der Waals surface area (Å²) in [6, 6.07) is -1.45. The Morgan fingerprint density at radius 2 is 2.33 bits per heavy atom. The average Bonchev–Trinajstić information content (AvgIpc) is 2.93. The molecule has 0 aromatic carbocycles. The van der Waals surface area contributed by atoms with Crippen molar-refractivity contribution in [3.8, 4) is 0 Å². The van der Waals surface area contributed by atoms with Gasteiger partial charge in [0.05, 0.1) is 19.2 Å². The molecule has 10 nitrogen and oxygen atoms in total. The summed E-state index contributed by atoms with van der Waals surface area (Å²) in [5.41, 5.74) is 0. The van der Waals surface area contributed by atoms with Crippen LogP contribution in [0.2, 0.25) is 0 Å². The SMILES string of the molecule is O=C(O)CC1C(=O)NCCN1C(=O)NCCn1ccnn1. The van der Waals surface area contributed by atoms with Crippen LogP contribution in [0.5, 0.6) is 0 Å². The van der Waals surface area contributed by atoms with Gasteiger partial charge in [0.25, 0.3) is 0 Å². The molecule has 1 aliphatic heterocycles. The maximum absolute atomic E-state index is 12.1. The van der Waals surface area contributed by atoms with E-state index in [9.17, 15) is 14.4 Å². The van der Waals surface area contributed by atoms with E-state index in [1.807, 2.05) is 0 Å². The number of rotatable bonds is 5. The van der Waals surface area contributed by atoms with Crippen LogP contribution >= 0.6 is 0 Å². The van der Waals surface area contributed by atoms with E-state index < -0.39 is 30.4 Å². The van der Waals surface area contributed by atoms with Crippen LogP contribution in [-0.2, 0) is 16.1 Å². The highest BCUT2D eigenvalue weighted by atomic mass is 16.4. The number of nitrogens with zero attached hydrogens (tertiary/aromatic N) is 4. The zero-order chi connectivity index (χ0) is 15.2. The highest BCUT2D eigenvalue weighted by Gasteiger charge is 2.34. The van der Waals surface area contributed by atoms with Crippen LogP contribution in [0.4, 0.5) is 4.79 Å². The van der Waals surface area contributed by atoms with Crippen LogP contribution in [0.1, 0.15) is 6.42 Å². The van der Waals surface area contributed by atoms with Crippen molar-refractivity contribution in [1.29, 1.82) is 0 Å². The Bertz CT molecular complexity index is 517. The Morgan fingerprint density at radius 3 is 3.00 bits per heavy atom. The van der Waals surface area contributed by atoms with Crippen LogP contribution in [0.25, 0.3) is 0 Å². The number of amides is 3. The molecule has 1 unspecified atom stereocenters. The van der Waals surface area contributed by atoms with Gasteiger partial charge in [0.15, 0.2) is 0 Å². The predicted octanol–water partition coefficient (Wildman–Crippen LogP) is -1.74. The van der Waals surface area contributed by atoms with Gasteiger partial charge in [-0.15, -0.1) is 5.10 Å². The van der Waals surface area contributed by atoms with Crippen LogP contribution in [0.3, 0.4) is 0 Å². The van der Waals surface area contributed by atoms with E-state index in [1.54, 1.807) is 10.9 Å². The molecule has 3 amide bonds. The number of hydrogen-bond acceptors (Lipinski definition) is 5. The van der Waals surface area contributed by atoms with E-state index in [4.69, 9.17) is 5.11 Å². The Labute approximate surface area is 120 Å². The van der Waals surface area contributed by atoms with Crippen molar-refractivity contribution in [2.24, 2.45) is 0 Å². The lowest BCUT2D eigenvalue weighted by Crippen LogP contribution is -2.60. The van der Waals surface area contributed by atoms with Crippen LogP contribution in [-0.4, -0.2) is 68.6 Å². The third-order valence-corrected chi connectivity index (χ3v) is 3.05. The molecular formula is C11H16N6O4. The number of hydrogen-bond donors (Lipinski definition) is 3. The van der Waals surface area contributed by atoms with E-state index in [-0.39, 0.29) is 6.54 Å². The summed E-state index contributed by atoms with van der Waals surface area (Å²) in [6.07, 6.45) is 2.77. The van der Waals surface area contributed by atoms with Crippen molar-refractivity contribution in [3.63, 3.8) is 0 Å². The average molecular weight is 296 g/mol. The zero-order valence-electron chi connectivity index (χ0n) is 11.2. The summed E-state index contributed by atoms with van der Waals surface area (Å²) in [5, 5.41) is 21.4. The van der Waals surface area contributed by atoms with Crippen molar-refractivity contribution in [2.75, 3.05) is 19.6 Å². The number of carboxylic acids is 1. The first-order chi connectivity index (χ1) is 10.1. The number of carbonyl (C=O) groups excluding carboxylic acids is 2. The molecule has 1 saturated heterocycles. The first-order valence-electron chi connectivity index (χ1n) is 6.46. The van der Waals surface area contributed by atoms with Gasteiger partial charge in [0.1, 0.15) is 6.04 Å². The minimum absolute atomic E-state index is 0.277. The Balaban J connectivity index is 1.88. The molecule has 0 saturated carbocycles. The molecule has 1 fully saturated rings. The van der Waals surface area contributed by atoms with E-state index in [0.29, 0.717) is 19.6 Å².